The number of hydrogen-bond donors (Lipinski definition) is 0. The maximum atomic E-state index is 13.2. The molecule has 1 saturated carbocycles. The third-order valence-electron chi connectivity index (χ3n) is 7.83. The standard InChI is InChI=1S/C27H31F3N4O/c1-33-24-12-15-34(17-23(24)32-26(33)27(28,29)30)14-11-18-7-9-19(10-8-18)16-25(35)21-4-2-6-22-20(21)5-3-13-31-22/h2-6,13,18-19H,7-12,14-17H2,1H3. The molecule has 0 unspecified atom stereocenters. The average molecular weight is 485 g/mol. The number of nitrogens with zero attached hydrogens (tertiary/aromatic N) is 4. The lowest BCUT2D eigenvalue weighted by atomic mass is 9.78. The third-order valence-corrected chi connectivity index (χ3v) is 7.83. The molecule has 3 aromatic rings. The van der Waals surface area contributed by atoms with Gasteiger partial charge >= 0.3 is 6.18 Å². The highest BCUT2D eigenvalue weighted by atomic mass is 19.4. The first kappa shape index (κ1) is 24.0. The number of alkyl halides is 3. The fourth-order valence-corrected chi connectivity index (χ4v) is 5.83. The summed E-state index contributed by atoms with van der Waals surface area (Å²) in [6.07, 6.45) is 3.88. The Morgan fingerprint density at radius 3 is 2.63 bits per heavy atom. The maximum absolute atomic E-state index is 13.2. The van der Waals surface area contributed by atoms with E-state index in [9.17, 15) is 18.0 Å². The van der Waals surface area contributed by atoms with Gasteiger partial charge in [-0.15, -0.1) is 0 Å². The molecule has 2 aromatic heterocycles. The predicted molar refractivity (Wildman–Crippen MR) is 128 cm³/mol. The van der Waals surface area contributed by atoms with Crippen LogP contribution in [0.4, 0.5) is 13.2 Å². The number of imidazole rings is 1. The van der Waals surface area contributed by atoms with Gasteiger partial charge in [-0.25, -0.2) is 4.98 Å². The predicted octanol–water partition coefficient (Wildman–Crippen LogP) is 5.81. The number of ketones is 1. The Hall–Kier alpha value is -2.74. The molecule has 5 rings (SSSR count). The molecule has 1 aliphatic carbocycles. The van der Waals surface area contributed by atoms with Crippen molar-refractivity contribution >= 4 is 16.7 Å². The molecule has 2 aliphatic rings. The monoisotopic (exact) mass is 484 g/mol. The van der Waals surface area contributed by atoms with E-state index >= 15 is 0 Å². The van der Waals surface area contributed by atoms with Crippen LogP contribution >= 0.6 is 0 Å². The molecular weight excluding hydrogens is 453 g/mol. The van der Waals surface area contributed by atoms with Gasteiger partial charge in [-0.3, -0.25) is 14.7 Å². The van der Waals surface area contributed by atoms with E-state index in [-0.39, 0.29) is 5.78 Å². The van der Waals surface area contributed by atoms with Crippen molar-refractivity contribution < 1.29 is 18.0 Å². The third kappa shape index (κ3) is 5.13. The second kappa shape index (κ2) is 9.72. The lowest BCUT2D eigenvalue weighted by Gasteiger charge is -2.31. The summed E-state index contributed by atoms with van der Waals surface area (Å²) in [6, 6.07) is 9.57. The summed E-state index contributed by atoms with van der Waals surface area (Å²) >= 11 is 0. The minimum absolute atomic E-state index is 0.199. The van der Waals surface area contributed by atoms with Gasteiger partial charge < -0.3 is 4.57 Å². The molecule has 0 radical (unpaired) electrons. The largest absolute Gasteiger partial charge is 0.449 e. The zero-order valence-corrected chi connectivity index (χ0v) is 20.0. The van der Waals surface area contributed by atoms with Crippen LogP contribution in [-0.4, -0.2) is 38.3 Å². The number of halogens is 3. The van der Waals surface area contributed by atoms with Gasteiger partial charge in [-0.1, -0.05) is 31.0 Å². The van der Waals surface area contributed by atoms with E-state index in [1.807, 2.05) is 30.3 Å². The molecule has 1 aliphatic heterocycles. The summed E-state index contributed by atoms with van der Waals surface area (Å²) in [5.41, 5.74) is 2.90. The fraction of sp³-hybridized carbons (Fsp3) is 0.519. The highest BCUT2D eigenvalue weighted by molar-refractivity contribution is 6.07. The molecule has 0 spiro atoms. The van der Waals surface area contributed by atoms with Crippen LogP contribution in [0.5, 0.6) is 0 Å². The Bertz CT molecular complexity index is 1210. The van der Waals surface area contributed by atoms with Crippen LogP contribution in [-0.2, 0) is 26.2 Å². The Morgan fingerprint density at radius 1 is 1.09 bits per heavy atom. The number of Topliss-reactive ketones (excluding diaryl/α,β-unsaturated/α-hetero) is 1. The summed E-state index contributed by atoms with van der Waals surface area (Å²) < 4.78 is 40.7. The highest BCUT2D eigenvalue weighted by Crippen LogP contribution is 2.35. The van der Waals surface area contributed by atoms with Crippen LogP contribution in [0.2, 0.25) is 0 Å². The van der Waals surface area contributed by atoms with Crippen molar-refractivity contribution in [3.05, 3.63) is 59.3 Å². The first-order valence-corrected chi connectivity index (χ1v) is 12.5. The minimum atomic E-state index is -4.42. The first-order chi connectivity index (χ1) is 16.8. The fourth-order valence-electron chi connectivity index (χ4n) is 5.83. The second-order valence-corrected chi connectivity index (χ2v) is 10.1. The molecule has 0 bridgehead atoms. The van der Waals surface area contributed by atoms with Crippen molar-refractivity contribution in [1.29, 1.82) is 0 Å². The number of hydrogen-bond acceptors (Lipinski definition) is 4. The van der Waals surface area contributed by atoms with E-state index in [1.54, 1.807) is 6.20 Å². The Labute approximate surface area is 203 Å². The maximum Gasteiger partial charge on any atom is 0.449 e. The van der Waals surface area contributed by atoms with E-state index in [1.165, 1.54) is 11.6 Å². The SMILES string of the molecule is Cn1c(C(F)(F)F)nc2c1CCN(CCC1CCC(CC(=O)c3cccc4ncccc34)CC1)C2. The molecule has 1 fully saturated rings. The molecule has 3 heterocycles. The Balaban J connectivity index is 1.10. The van der Waals surface area contributed by atoms with Gasteiger partial charge in [0.2, 0.25) is 5.82 Å². The van der Waals surface area contributed by atoms with E-state index in [0.29, 0.717) is 42.6 Å². The smallest absolute Gasteiger partial charge is 0.327 e. The van der Waals surface area contributed by atoms with Gasteiger partial charge in [-0.05, 0) is 49.8 Å². The zero-order valence-electron chi connectivity index (χ0n) is 20.0. The average Bonchev–Trinajstić information content (AvgIpc) is 3.19. The Kier molecular flexibility index (Phi) is 6.66. The van der Waals surface area contributed by atoms with Crippen LogP contribution in [0, 0.1) is 11.8 Å². The van der Waals surface area contributed by atoms with Crippen molar-refractivity contribution in [3.63, 3.8) is 0 Å². The number of rotatable bonds is 6. The summed E-state index contributed by atoms with van der Waals surface area (Å²) in [5, 5.41) is 0.925. The summed E-state index contributed by atoms with van der Waals surface area (Å²) in [7, 11) is 1.46. The number of aromatic nitrogens is 3. The molecule has 35 heavy (non-hydrogen) atoms. The minimum Gasteiger partial charge on any atom is -0.327 e. The zero-order chi connectivity index (χ0) is 24.6. The lowest BCUT2D eigenvalue weighted by molar-refractivity contribution is -0.146. The molecule has 0 atom stereocenters. The van der Waals surface area contributed by atoms with E-state index < -0.39 is 12.0 Å². The molecule has 186 valence electrons. The summed E-state index contributed by atoms with van der Waals surface area (Å²) in [5.74, 6) is 0.429. The lowest BCUT2D eigenvalue weighted by Crippen LogP contribution is -2.33. The number of benzene rings is 1. The van der Waals surface area contributed by atoms with Gasteiger partial charge in [0.25, 0.3) is 0 Å². The first-order valence-electron chi connectivity index (χ1n) is 12.5. The van der Waals surface area contributed by atoms with Gasteiger partial charge in [-0.2, -0.15) is 13.2 Å². The van der Waals surface area contributed by atoms with Gasteiger partial charge in [0.1, 0.15) is 0 Å². The van der Waals surface area contributed by atoms with Crippen LogP contribution in [0.1, 0.15) is 66.1 Å². The number of pyridine rings is 1. The second-order valence-electron chi connectivity index (χ2n) is 10.1. The number of carbonyl (C=O) groups is 1. The quantitative estimate of drug-likeness (QED) is 0.414. The van der Waals surface area contributed by atoms with Gasteiger partial charge in [0.05, 0.1) is 11.2 Å². The molecular formula is C27H31F3N4O. The van der Waals surface area contributed by atoms with Gasteiger partial charge in [0.15, 0.2) is 5.78 Å². The van der Waals surface area contributed by atoms with Crippen molar-refractivity contribution in [2.24, 2.45) is 18.9 Å². The molecule has 0 amide bonds. The molecule has 0 saturated heterocycles. The van der Waals surface area contributed by atoms with Crippen LogP contribution in [0.25, 0.3) is 10.9 Å². The molecule has 0 N–H and O–H groups in total. The number of fused-ring (bicyclic) bond motifs is 2. The summed E-state index contributed by atoms with van der Waals surface area (Å²) in [6.45, 7) is 2.14. The number of carbonyl (C=O) groups excluding carboxylic acids is 1. The molecule has 8 heteroatoms. The van der Waals surface area contributed by atoms with Crippen molar-refractivity contribution in [1.82, 2.24) is 19.4 Å². The van der Waals surface area contributed by atoms with E-state index in [0.717, 1.165) is 61.7 Å². The molecule has 1 aromatic carbocycles. The summed E-state index contributed by atoms with van der Waals surface area (Å²) in [4.78, 5) is 23.5. The van der Waals surface area contributed by atoms with Crippen molar-refractivity contribution in [3.8, 4) is 0 Å². The van der Waals surface area contributed by atoms with Crippen LogP contribution in [0.3, 0.4) is 0 Å². The highest BCUT2D eigenvalue weighted by Gasteiger charge is 2.38. The normalized spacial score (nSPS) is 21.3. The van der Waals surface area contributed by atoms with E-state index in [2.05, 4.69) is 14.9 Å². The Morgan fingerprint density at radius 2 is 1.86 bits per heavy atom. The van der Waals surface area contributed by atoms with E-state index in [4.69, 9.17) is 0 Å². The topological polar surface area (TPSA) is 51.0 Å². The van der Waals surface area contributed by atoms with Crippen molar-refractivity contribution in [2.75, 3.05) is 13.1 Å². The van der Waals surface area contributed by atoms with Crippen LogP contribution in [0.15, 0.2) is 36.5 Å². The van der Waals surface area contributed by atoms with Crippen LogP contribution < -0.4 is 0 Å². The van der Waals surface area contributed by atoms with Gasteiger partial charge in [0, 0.05) is 55.8 Å². The van der Waals surface area contributed by atoms with Crippen molar-refractivity contribution in [2.45, 2.75) is 57.7 Å². The molecule has 5 nitrogen and oxygen atoms in total.